The molecule has 0 aromatic carbocycles. The third-order valence-electron chi connectivity index (χ3n) is 5.18. The number of aliphatic hydroxyl groups is 1. The highest BCUT2D eigenvalue weighted by molar-refractivity contribution is 5.03. The molecule has 17 heavy (non-hydrogen) atoms. The summed E-state index contributed by atoms with van der Waals surface area (Å²) in [6.07, 6.45) is 8.55. The minimum Gasteiger partial charge on any atom is -0.388 e. The Labute approximate surface area is 104 Å². The maximum Gasteiger partial charge on any atom is 0.0830 e. The molecule has 98 valence electrons. The summed E-state index contributed by atoms with van der Waals surface area (Å²) in [5.41, 5.74) is -0.381. The second-order valence-electron chi connectivity index (χ2n) is 6.03. The van der Waals surface area contributed by atoms with Crippen LogP contribution in [0.5, 0.6) is 0 Å². The molecule has 3 aliphatic rings. The Morgan fingerprint density at radius 3 is 2.59 bits per heavy atom. The summed E-state index contributed by atoms with van der Waals surface area (Å²) < 4.78 is 5.44. The SMILES string of the molecule is O[C@@]12CCCC[C@@H]1CCC[C@@H]2N1CCOCC1. The van der Waals surface area contributed by atoms with Crippen molar-refractivity contribution in [3.63, 3.8) is 0 Å². The van der Waals surface area contributed by atoms with E-state index < -0.39 is 0 Å². The number of hydrogen-bond donors (Lipinski definition) is 1. The highest BCUT2D eigenvalue weighted by Crippen LogP contribution is 2.45. The molecule has 3 heteroatoms. The third kappa shape index (κ3) is 2.13. The lowest BCUT2D eigenvalue weighted by atomic mass is 9.64. The Morgan fingerprint density at radius 1 is 1.00 bits per heavy atom. The molecule has 0 aromatic rings. The van der Waals surface area contributed by atoms with Crippen LogP contribution in [-0.4, -0.2) is 48.0 Å². The van der Waals surface area contributed by atoms with E-state index in [9.17, 15) is 5.11 Å². The highest BCUT2D eigenvalue weighted by atomic mass is 16.5. The zero-order chi connectivity index (χ0) is 11.7. The molecule has 2 aliphatic carbocycles. The minimum absolute atomic E-state index is 0.381. The number of nitrogens with zero attached hydrogens (tertiary/aromatic N) is 1. The van der Waals surface area contributed by atoms with Crippen LogP contribution in [0, 0.1) is 5.92 Å². The largest absolute Gasteiger partial charge is 0.388 e. The standard InChI is InChI=1S/C14H25NO2/c16-14-7-2-1-4-12(14)5-3-6-13(14)15-8-10-17-11-9-15/h12-13,16H,1-11H2/t12-,13+,14+/m1/s1. The maximum absolute atomic E-state index is 11.1. The fourth-order valence-electron chi connectivity index (χ4n) is 4.28. The van der Waals surface area contributed by atoms with Crippen molar-refractivity contribution in [1.29, 1.82) is 0 Å². The van der Waals surface area contributed by atoms with Gasteiger partial charge in [0.25, 0.3) is 0 Å². The van der Waals surface area contributed by atoms with Gasteiger partial charge in [-0.1, -0.05) is 19.3 Å². The zero-order valence-corrected chi connectivity index (χ0v) is 10.7. The lowest BCUT2D eigenvalue weighted by Gasteiger charge is -2.53. The summed E-state index contributed by atoms with van der Waals surface area (Å²) in [6, 6.07) is 0.408. The van der Waals surface area contributed by atoms with Gasteiger partial charge in [-0.05, 0) is 31.6 Å². The Morgan fingerprint density at radius 2 is 1.76 bits per heavy atom. The molecule has 2 saturated carbocycles. The van der Waals surface area contributed by atoms with Crippen molar-refractivity contribution in [3.8, 4) is 0 Å². The molecule has 3 nitrogen and oxygen atoms in total. The summed E-state index contributed by atoms with van der Waals surface area (Å²) in [6.45, 7) is 3.72. The molecule has 0 radical (unpaired) electrons. The van der Waals surface area contributed by atoms with E-state index in [0.717, 1.165) is 32.7 Å². The van der Waals surface area contributed by atoms with Gasteiger partial charge in [-0.15, -0.1) is 0 Å². The zero-order valence-electron chi connectivity index (χ0n) is 10.7. The first-order chi connectivity index (χ1) is 8.31. The van der Waals surface area contributed by atoms with Gasteiger partial charge >= 0.3 is 0 Å². The molecule has 0 unspecified atom stereocenters. The normalized spacial score (nSPS) is 44.3. The van der Waals surface area contributed by atoms with Crippen molar-refractivity contribution in [1.82, 2.24) is 4.90 Å². The highest BCUT2D eigenvalue weighted by Gasteiger charge is 2.49. The maximum atomic E-state index is 11.1. The Balaban J connectivity index is 1.76. The number of morpholine rings is 1. The van der Waals surface area contributed by atoms with Crippen LogP contribution in [0.1, 0.15) is 44.9 Å². The van der Waals surface area contributed by atoms with Gasteiger partial charge in [-0.3, -0.25) is 4.90 Å². The van der Waals surface area contributed by atoms with Gasteiger partial charge < -0.3 is 9.84 Å². The molecule has 1 saturated heterocycles. The lowest BCUT2D eigenvalue weighted by Crippen LogP contribution is -2.61. The second-order valence-corrected chi connectivity index (χ2v) is 6.03. The van der Waals surface area contributed by atoms with Crippen molar-refractivity contribution in [3.05, 3.63) is 0 Å². The molecule has 0 amide bonds. The van der Waals surface area contributed by atoms with Crippen LogP contribution in [0.2, 0.25) is 0 Å². The summed E-state index contributed by atoms with van der Waals surface area (Å²) in [5, 5.41) is 11.1. The van der Waals surface area contributed by atoms with Crippen LogP contribution in [-0.2, 0) is 4.74 Å². The molecule has 0 bridgehead atoms. The van der Waals surface area contributed by atoms with E-state index in [1.165, 1.54) is 38.5 Å². The minimum atomic E-state index is -0.381. The Kier molecular flexibility index (Phi) is 3.42. The van der Waals surface area contributed by atoms with E-state index in [1.54, 1.807) is 0 Å². The third-order valence-corrected chi connectivity index (χ3v) is 5.18. The summed E-state index contributed by atoms with van der Waals surface area (Å²) >= 11 is 0. The van der Waals surface area contributed by atoms with Crippen LogP contribution >= 0.6 is 0 Å². The van der Waals surface area contributed by atoms with E-state index in [1.807, 2.05) is 0 Å². The van der Waals surface area contributed by atoms with Crippen LogP contribution in [0.25, 0.3) is 0 Å². The topological polar surface area (TPSA) is 32.7 Å². The quantitative estimate of drug-likeness (QED) is 0.757. The molecule has 1 aliphatic heterocycles. The van der Waals surface area contributed by atoms with Gasteiger partial charge in [0, 0.05) is 19.1 Å². The van der Waals surface area contributed by atoms with Crippen LogP contribution in [0.4, 0.5) is 0 Å². The van der Waals surface area contributed by atoms with Crippen LogP contribution in [0.15, 0.2) is 0 Å². The van der Waals surface area contributed by atoms with Gasteiger partial charge in [0.1, 0.15) is 0 Å². The molecular formula is C14H25NO2. The van der Waals surface area contributed by atoms with Crippen molar-refractivity contribution in [2.75, 3.05) is 26.3 Å². The summed E-state index contributed by atoms with van der Waals surface area (Å²) in [4.78, 5) is 2.50. The van der Waals surface area contributed by atoms with Crippen LogP contribution in [0.3, 0.4) is 0 Å². The Bertz CT molecular complexity index is 263. The fraction of sp³-hybridized carbons (Fsp3) is 1.00. The number of fused-ring (bicyclic) bond motifs is 1. The molecule has 1 N–H and O–H groups in total. The average molecular weight is 239 g/mol. The number of rotatable bonds is 1. The lowest BCUT2D eigenvalue weighted by molar-refractivity contribution is -0.145. The molecule has 0 aromatic heterocycles. The van der Waals surface area contributed by atoms with Crippen molar-refractivity contribution in [2.45, 2.75) is 56.6 Å². The van der Waals surface area contributed by atoms with Gasteiger partial charge in [-0.25, -0.2) is 0 Å². The van der Waals surface area contributed by atoms with Gasteiger partial charge in [0.05, 0.1) is 18.8 Å². The second kappa shape index (κ2) is 4.87. The average Bonchev–Trinajstić information content (AvgIpc) is 2.38. The number of hydrogen-bond acceptors (Lipinski definition) is 3. The van der Waals surface area contributed by atoms with Crippen molar-refractivity contribution in [2.24, 2.45) is 5.92 Å². The van der Waals surface area contributed by atoms with E-state index in [-0.39, 0.29) is 5.60 Å². The number of ether oxygens (including phenoxy) is 1. The predicted molar refractivity (Wildman–Crippen MR) is 66.9 cm³/mol. The molecule has 3 rings (SSSR count). The molecule has 3 atom stereocenters. The van der Waals surface area contributed by atoms with Gasteiger partial charge in [0.2, 0.25) is 0 Å². The smallest absolute Gasteiger partial charge is 0.0830 e. The predicted octanol–water partition coefficient (Wildman–Crippen LogP) is 1.79. The first-order valence-corrected chi connectivity index (χ1v) is 7.35. The monoisotopic (exact) mass is 239 g/mol. The van der Waals surface area contributed by atoms with Crippen molar-refractivity contribution < 1.29 is 9.84 Å². The van der Waals surface area contributed by atoms with Gasteiger partial charge in [-0.2, -0.15) is 0 Å². The summed E-state index contributed by atoms with van der Waals surface area (Å²) in [5.74, 6) is 0.567. The van der Waals surface area contributed by atoms with Gasteiger partial charge in [0.15, 0.2) is 0 Å². The first kappa shape index (κ1) is 11.9. The van der Waals surface area contributed by atoms with Crippen LogP contribution < -0.4 is 0 Å². The van der Waals surface area contributed by atoms with E-state index in [2.05, 4.69) is 4.90 Å². The molecule has 1 heterocycles. The fourth-order valence-corrected chi connectivity index (χ4v) is 4.28. The Hall–Kier alpha value is -0.120. The molecule has 3 fully saturated rings. The van der Waals surface area contributed by atoms with E-state index >= 15 is 0 Å². The van der Waals surface area contributed by atoms with Crippen molar-refractivity contribution >= 4 is 0 Å². The molecule has 0 spiro atoms. The molecular weight excluding hydrogens is 214 g/mol. The van der Waals surface area contributed by atoms with E-state index in [4.69, 9.17) is 4.74 Å². The first-order valence-electron chi connectivity index (χ1n) is 7.35. The summed E-state index contributed by atoms with van der Waals surface area (Å²) in [7, 11) is 0. The van der Waals surface area contributed by atoms with E-state index in [0.29, 0.717) is 12.0 Å².